The number of aromatic nitrogens is 1. The van der Waals surface area contributed by atoms with Crippen molar-refractivity contribution in [2.45, 2.75) is 25.9 Å². The molecule has 1 aromatic carbocycles. The first-order chi connectivity index (χ1) is 12.1. The second-order valence-corrected chi connectivity index (χ2v) is 6.34. The Morgan fingerprint density at radius 1 is 1.20 bits per heavy atom. The number of carbonyl (C=O) groups is 2. The number of nitrogens with zero attached hydrogens (tertiary/aromatic N) is 1. The van der Waals surface area contributed by atoms with E-state index < -0.39 is 11.4 Å². The molecule has 3 rings (SSSR count). The van der Waals surface area contributed by atoms with E-state index in [4.69, 9.17) is 9.84 Å². The Morgan fingerprint density at radius 3 is 2.68 bits per heavy atom. The summed E-state index contributed by atoms with van der Waals surface area (Å²) in [6, 6.07) is 11.1. The van der Waals surface area contributed by atoms with Crippen molar-refractivity contribution in [3.63, 3.8) is 0 Å². The van der Waals surface area contributed by atoms with E-state index in [1.165, 1.54) is 0 Å². The maximum Gasteiger partial charge on any atom is 0.311 e. The fraction of sp³-hybridized carbons (Fsp3) is 0.316. The minimum atomic E-state index is -0.835. The van der Waals surface area contributed by atoms with Gasteiger partial charge in [0.2, 0.25) is 5.91 Å². The number of nitrogens with one attached hydrogen (secondary N) is 1. The molecule has 1 amide bonds. The quantitative estimate of drug-likeness (QED) is 0.769. The predicted molar refractivity (Wildman–Crippen MR) is 91.0 cm³/mol. The fourth-order valence-electron chi connectivity index (χ4n) is 2.53. The Kier molecular flexibility index (Phi) is 4.97. The second-order valence-electron chi connectivity index (χ2n) is 6.34. The fourth-order valence-corrected chi connectivity index (χ4v) is 2.53. The van der Waals surface area contributed by atoms with Crippen molar-refractivity contribution >= 4 is 11.9 Å². The topological polar surface area (TPSA) is 88.5 Å². The molecule has 130 valence electrons. The van der Waals surface area contributed by atoms with E-state index in [1.807, 2.05) is 36.4 Å². The zero-order chi connectivity index (χ0) is 17.7. The molecule has 1 aromatic heterocycles. The zero-order valence-corrected chi connectivity index (χ0v) is 13.8. The van der Waals surface area contributed by atoms with Crippen molar-refractivity contribution in [3.05, 3.63) is 59.9 Å². The summed E-state index contributed by atoms with van der Waals surface area (Å²) in [5, 5.41) is 11.8. The van der Waals surface area contributed by atoms with Crippen molar-refractivity contribution < 1.29 is 19.4 Å². The number of benzene rings is 1. The monoisotopic (exact) mass is 340 g/mol. The Hall–Kier alpha value is -2.89. The second kappa shape index (κ2) is 7.34. The number of hydrogen-bond donors (Lipinski definition) is 2. The number of hydrogen-bond acceptors (Lipinski definition) is 4. The molecule has 1 aliphatic carbocycles. The first-order valence-electron chi connectivity index (χ1n) is 8.18. The van der Waals surface area contributed by atoms with Gasteiger partial charge in [0.25, 0.3) is 0 Å². The van der Waals surface area contributed by atoms with Gasteiger partial charge in [-0.3, -0.25) is 14.6 Å². The standard InChI is InChI=1S/C19H20N2O4/c22-17(21-13-19(6-7-19)18(23)24)10-14-3-1-5-16(9-14)25-12-15-4-2-8-20-11-15/h1-5,8-9,11H,6-7,10,12-13H2,(H,21,22)(H,23,24). The summed E-state index contributed by atoms with van der Waals surface area (Å²) in [6.45, 7) is 0.600. The maximum atomic E-state index is 12.0. The van der Waals surface area contributed by atoms with E-state index in [2.05, 4.69) is 10.3 Å². The molecule has 2 N–H and O–H groups in total. The van der Waals surface area contributed by atoms with Gasteiger partial charge in [-0.25, -0.2) is 0 Å². The Labute approximate surface area is 145 Å². The SMILES string of the molecule is O=C(Cc1cccc(OCc2cccnc2)c1)NCC1(C(=O)O)CC1. The van der Waals surface area contributed by atoms with Crippen LogP contribution in [0.3, 0.4) is 0 Å². The number of carboxylic acids is 1. The molecule has 6 nitrogen and oxygen atoms in total. The molecule has 0 aliphatic heterocycles. The Bertz CT molecular complexity index is 757. The van der Waals surface area contributed by atoms with Gasteiger partial charge >= 0.3 is 5.97 Å². The van der Waals surface area contributed by atoms with Crippen molar-refractivity contribution in [3.8, 4) is 5.75 Å². The summed E-state index contributed by atoms with van der Waals surface area (Å²) >= 11 is 0. The molecule has 1 heterocycles. The van der Waals surface area contributed by atoms with Gasteiger partial charge in [0.1, 0.15) is 12.4 Å². The summed E-state index contributed by atoms with van der Waals surface area (Å²) in [5.41, 5.74) is 1.04. The van der Waals surface area contributed by atoms with Gasteiger partial charge in [0.05, 0.1) is 11.8 Å². The zero-order valence-electron chi connectivity index (χ0n) is 13.8. The lowest BCUT2D eigenvalue weighted by molar-refractivity contribution is -0.143. The Balaban J connectivity index is 1.51. The highest BCUT2D eigenvalue weighted by Crippen LogP contribution is 2.45. The van der Waals surface area contributed by atoms with Crippen LogP contribution >= 0.6 is 0 Å². The lowest BCUT2D eigenvalue weighted by Crippen LogP contribution is -2.35. The molecule has 1 fully saturated rings. The largest absolute Gasteiger partial charge is 0.489 e. The number of pyridine rings is 1. The molecule has 1 saturated carbocycles. The number of carbonyl (C=O) groups excluding carboxylic acids is 1. The number of carboxylic acid groups (broad SMARTS) is 1. The van der Waals surface area contributed by atoms with Gasteiger partial charge in [0, 0.05) is 24.5 Å². The van der Waals surface area contributed by atoms with Crippen LogP contribution in [0.2, 0.25) is 0 Å². The highest BCUT2D eigenvalue weighted by molar-refractivity contribution is 5.82. The summed E-state index contributed by atoms with van der Waals surface area (Å²) in [4.78, 5) is 27.2. The van der Waals surface area contributed by atoms with Gasteiger partial charge in [-0.15, -0.1) is 0 Å². The van der Waals surface area contributed by atoms with Crippen LogP contribution in [0.1, 0.15) is 24.0 Å². The third-order valence-corrected chi connectivity index (χ3v) is 4.32. The number of ether oxygens (including phenoxy) is 1. The third-order valence-electron chi connectivity index (χ3n) is 4.32. The number of rotatable bonds is 8. The number of amides is 1. The van der Waals surface area contributed by atoms with Gasteiger partial charge in [-0.2, -0.15) is 0 Å². The minimum absolute atomic E-state index is 0.183. The maximum absolute atomic E-state index is 12.0. The molecule has 0 radical (unpaired) electrons. The molecular weight excluding hydrogens is 320 g/mol. The first kappa shape index (κ1) is 17.0. The normalized spacial score (nSPS) is 14.6. The third kappa shape index (κ3) is 4.56. The highest BCUT2D eigenvalue weighted by atomic mass is 16.5. The summed E-state index contributed by atoms with van der Waals surface area (Å²) < 4.78 is 5.72. The van der Waals surface area contributed by atoms with Gasteiger partial charge in [-0.1, -0.05) is 18.2 Å². The predicted octanol–water partition coefficient (Wildman–Crippen LogP) is 2.18. The molecule has 0 atom stereocenters. The molecule has 2 aromatic rings. The van der Waals surface area contributed by atoms with E-state index in [-0.39, 0.29) is 18.9 Å². The van der Waals surface area contributed by atoms with Crippen molar-refractivity contribution in [2.75, 3.05) is 6.54 Å². The Morgan fingerprint density at radius 2 is 2.00 bits per heavy atom. The smallest absolute Gasteiger partial charge is 0.311 e. The highest BCUT2D eigenvalue weighted by Gasteiger charge is 2.50. The van der Waals surface area contributed by atoms with Crippen LogP contribution in [0.15, 0.2) is 48.8 Å². The summed E-state index contributed by atoms with van der Waals surface area (Å²) in [7, 11) is 0. The lowest BCUT2D eigenvalue weighted by Gasteiger charge is -2.12. The van der Waals surface area contributed by atoms with Crippen LogP contribution in [-0.4, -0.2) is 28.5 Å². The first-order valence-corrected chi connectivity index (χ1v) is 8.18. The van der Waals surface area contributed by atoms with Crippen LogP contribution in [0.4, 0.5) is 0 Å². The summed E-state index contributed by atoms with van der Waals surface area (Å²) in [6.07, 6.45) is 4.90. The molecule has 0 unspecified atom stereocenters. The van der Waals surface area contributed by atoms with Crippen LogP contribution in [-0.2, 0) is 22.6 Å². The molecule has 1 aliphatic rings. The molecule has 0 bridgehead atoms. The van der Waals surface area contributed by atoms with Crippen molar-refractivity contribution in [1.82, 2.24) is 10.3 Å². The lowest BCUT2D eigenvalue weighted by atomic mass is 10.1. The molecular formula is C19H20N2O4. The van der Waals surface area contributed by atoms with Crippen molar-refractivity contribution in [1.29, 1.82) is 0 Å². The average molecular weight is 340 g/mol. The minimum Gasteiger partial charge on any atom is -0.489 e. The molecule has 25 heavy (non-hydrogen) atoms. The van der Waals surface area contributed by atoms with Gasteiger partial charge in [0.15, 0.2) is 0 Å². The van der Waals surface area contributed by atoms with Gasteiger partial charge in [-0.05, 0) is 36.6 Å². The van der Waals surface area contributed by atoms with Crippen LogP contribution < -0.4 is 10.1 Å². The van der Waals surface area contributed by atoms with Crippen molar-refractivity contribution in [2.24, 2.45) is 5.41 Å². The molecule has 6 heteroatoms. The van der Waals surface area contributed by atoms with Gasteiger partial charge < -0.3 is 15.2 Å². The van der Waals surface area contributed by atoms with Crippen LogP contribution in [0.5, 0.6) is 5.75 Å². The molecule has 0 spiro atoms. The molecule has 0 saturated heterocycles. The van der Waals surface area contributed by atoms with Crippen LogP contribution in [0.25, 0.3) is 0 Å². The van der Waals surface area contributed by atoms with E-state index in [9.17, 15) is 9.59 Å². The summed E-state index contributed by atoms with van der Waals surface area (Å²) in [5.74, 6) is -0.339. The van der Waals surface area contributed by atoms with E-state index in [0.717, 1.165) is 11.1 Å². The van der Waals surface area contributed by atoms with E-state index in [1.54, 1.807) is 12.4 Å². The van der Waals surface area contributed by atoms with E-state index >= 15 is 0 Å². The van der Waals surface area contributed by atoms with Crippen LogP contribution in [0, 0.1) is 5.41 Å². The average Bonchev–Trinajstić information content (AvgIpc) is 3.41. The van der Waals surface area contributed by atoms with E-state index in [0.29, 0.717) is 25.2 Å². The number of aliphatic carboxylic acids is 1.